The summed E-state index contributed by atoms with van der Waals surface area (Å²) in [5.41, 5.74) is 2.38. The highest BCUT2D eigenvalue weighted by molar-refractivity contribution is 5.46. The summed E-state index contributed by atoms with van der Waals surface area (Å²) in [7, 11) is 1.98. The van der Waals surface area contributed by atoms with E-state index in [0.29, 0.717) is 0 Å². The first-order valence-electron chi connectivity index (χ1n) is 6.21. The molecular weight excluding hydrogens is 198 g/mol. The van der Waals surface area contributed by atoms with Crippen LogP contribution in [-0.4, -0.2) is 16.3 Å². The number of anilines is 1. The van der Waals surface area contributed by atoms with E-state index >= 15 is 0 Å². The third kappa shape index (κ3) is 2.65. The Balaban J connectivity index is 1.90. The number of nitrogens with zero attached hydrogens (tertiary/aromatic N) is 2. The van der Waals surface area contributed by atoms with Crippen LogP contribution in [0.4, 0.5) is 5.69 Å². The second kappa shape index (κ2) is 5.19. The maximum atomic E-state index is 4.43. The Kier molecular flexibility index (Phi) is 3.65. The van der Waals surface area contributed by atoms with Gasteiger partial charge in [0.1, 0.15) is 0 Å². The summed E-state index contributed by atoms with van der Waals surface area (Å²) in [4.78, 5) is 0. The normalized spacial score (nSPS) is 20.0. The molecule has 1 atom stereocenters. The Labute approximate surface area is 97.5 Å². The largest absolute Gasteiger partial charge is 0.382 e. The number of aromatic nitrogens is 2. The van der Waals surface area contributed by atoms with Gasteiger partial charge in [-0.2, -0.15) is 5.10 Å². The molecule has 1 heterocycles. The van der Waals surface area contributed by atoms with E-state index in [1.54, 1.807) is 0 Å². The van der Waals surface area contributed by atoms with Gasteiger partial charge in [0.05, 0.1) is 11.4 Å². The fourth-order valence-electron chi connectivity index (χ4n) is 2.24. The molecule has 0 amide bonds. The zero-order valence-electron chi connectivity index (χ0n) is 10.2. The van der Waals surface area contributed by atoms with E-state index in [2.05, 4.69) is 35.7 Å². The number of nitrogens with one attached hydrogen (secondary N) is 1. The van der Waals surface area contributed by atoms with Gasteiger partial charge in [-0.1, -0.05) is 19.1 Å². The van der Waals surface area contributed by atoms with E-state index < -0.39 is 0 Å². The lowest BCUT2D eigenvalue weighted by Crippen LogP contribution is -2.15. The van der Waals surface area contributed by atoms with Crippen molar-refractivity contribution in [3.63, 3.8) is 0 Å². The highest BCUT2D eigenvalue weighted by atomic mass is 15.3. The van der Waals surface area contributed by atoms with Gasteiger partial charge in [0, 0.05) is 19.8 Å². The molecule has 0 fully saturated rings. The van der Waals surface area contributed by atoms with Crippen molar-refractivity contribution in [3.8, 4) is 0 Å². The number of rotatable bonds is 4. The van der Waals surface area contributed by atoms with Crippen LogP contribution in [0.3, 0.4) is 0 Å². The minimum Gasteiger partial charge on any atom is -0.382 e. The zero-order chi connectivity index (χ0) is 11.4. The molecule has 0 saturated heterocycles. The Morgan fingerprint density at radius 1 is 1.50 bits per heavy atom. The summed E-state index contributed by atoms with van der Waals surface area (Å²) < 4.78 is 1.89. The first-order valence-corrected chi connectivity index (χ1v) is 6.21. The van der Waals surface area contributed by atoms with Crippen molar-refractivity contribution in [2.45, 2.75) is 32.6 Å². The maximum absolute atomic E-state index is 4.43. The van der Waals surface area contributed by atoms with E-state index in [9.17, 15) is 0 Å². The van der Waals surface area contributed by atoms with Crippen molar-refractivity contribution < 1.29 is 0 Å². The van der Waals surface area contributed by atoms with Gasteiger partial charge in [0.2, 0.25) is 0 Å². The zero-order valence-corrected chi connectivity index (χ0v) is 10.2. The lowest BCUT2D eigenvalue weighted by molar-refractivity contribution is 0.504. The summed E-state index contributed by atoms with van der Waals surface area (Å²) in [6, 6.07) is 0. The van der Waals surface area contributed by atoms with Crippen LogP contribution >= 0.6 is 0 Å². The third-order valence-corrected chi connectivity index (χ3v) is 3.20. The first kappa shape index (κ1) is 11.2. The van der Waals surface area contributed by atoms with Crippen LogP contribution in [0.5, 0.6) is 0 Å². The predicted molar refractivity (Wildman–Crippen MR) is 67.6 cm³/mol. The molecule has 2 rings (SSSR count). The van der Waals surface area contributed by atoms with Crippen LogP contribution in [0, 0.1) is 5.92 Å². The molecule has 16 heavy (non-hydrogen) atoms. The SMILES string of the molecule is CCc1nn(C)cc1NCC1CC=CCC1. The van der Waals surface area contributed by atoms with E-state index in [-0.39, 0.29) is 0 Å². The quantitative estimate of drug-likeness (QED) is 0.789. The molecule has 88 valence electrons. The average Bonchev–Trinajstić information content (AvgIpc) is 2.68. The number of hydrogen-bond acceptors (Lipinski definition) is 2. The first-order chi connectivity index (χ1) is 7.79. The van der Waals surface area contributed by atoms with Crippen molar-refractivity contribution in [2.24, 2.45) is 13.0 Å². The average molecular weight is 219 g/mol. The highest BCUT2D eigenvalue weighted by Gasteiger charge is 2.11. The topological polar surface area (TPSA) is 29.9 Å². The molecule has 0 spiro atoms. The lowest BCUT2D eigenvalue weighted by atomic mass is 9.94. The molecule has 1 aliphatic rings. The summed E-state index contributed by atoms with van der Waals surface area (Å²) in [5, 5.41) is 7.97. The van der Waals surface area contributed by atoms with Gasteiger partial charge in [0.25, 0.3) is 0 Å². The number of aryl methyl sites for hydroxylation is 2. The molecule has 1 unspecified atom stereocenters. The van der Waals surface area contributed by atoms with E-state index in [1.807, 2.05) is 11.7 Å². The van der Waals surface area contributed by atoms with Crippen LogP contribution in [0.1, 0.15) is 31.9 Å². The Morgan fingerprint density at radius 3 is 3.06 bits per heavy atom. The maximum Gasteiger partial charge on any atom is 0.0853 e. The molecule has 3 heteroatoms. The van der Waals surface area contributed by atoms with Gasteiger partial charge in [-0.3, -0.25) is 4.68 Å². The standard InChI is InChI=1S/C13H21N3/c1-3-12-13(10-16(2)15-12)14-9-11-7-5-4-6-8-11/h4-5,10-11,14H,3,6-9H2,1-2H3. The Morgan fingerprint density at radius 2 is 2.38 bits per heavy atom. The molecule has 1 aromatic rings. The van der Waals surface area contributed by atoms with Gasteiger partial charge < -0.3 is 5.32 Å². The molecule has 3 nitrogen and oxygen atoms in total. The molecule has 1 N–H and O–H groups in total. The minimum atomic E-state index is 0.787. The van der Waals surface area contributed by atoms with Gasteiger partial charge >= 0.3 is 0 Å². The van der Waals surface area contributed by atoms with Crippen LogP contribution in [0.2, 0.25) is 0 Å². The van der Waals surface area contributed by atoms with Gasteiger partial charge in [-0.05, 0) is 31.6 Å². The molecular formula is C13H21N3. The molecule has 0 radical (unpaired) electrons. The van der Waals surface area contributed by atoms with Crippen LogP contribution < -0.4 is 5.32 Å². The second-order valence-corrected chi connectivity index (χ2v) is 4.55. The van der Waals surface area contributed by atoms with E-state index in [1.165, 1.54) is 30.6 Å². The molecule has 0 bridgehead atoms. The van der Waals surface area contributed by atoms with E-state index in [4.69, 9.17) is 0 Å². The molecule has 1 aliphatic carbocycles. The van der Waals surface area contributed by atoms with E-state index in [0.717, 1.165) is 18.9 Å². The molecule has 0 aromatic carbocycles. The molecule has 0 aliphatic heterocycles. The van der Waals surface area contributed by atoms with Crippen LogP contribution in [0.25, 0.3) is 0 Å². The van der Waals surface area contributed by atoms with Crippen molar-refractivity contribution in [1.82, 2.24) is 9.78 Å². The molecule has 1 aromatic heterocycles. The Hall–Kier alpha value is -1.25. The fraction of sp³-hybridized carbons (Fsp3) is 0.615. The molecule has 0 saturated carbocycles. The third-order valence-electron chi connectivity index (χ3n) is 3.20. The van der Waals surface area contributed by atoms with Gasteiger partial charge in [-0.15, -0.1) is 0 Å². The summed E-state index contributed by atoms with van der Waals surface area (Å²) in [5.74, 6) is 0.787. The van der Waals surface area contributed by atoms with Gasteiger partial charge in [-0.25, -0.2) is 0 Å². The van der Waals surface area contributed by atoms with Gasteiger partial charge in [0.15, 0.2) is 0 Å². The number of hydrogen-bond donors (Lipinski definition) is 1. The Bertz CT molecular complexity index is 365. The second-order valence-electron chi connectivity index (χ2n) is 4.55. The van der Waals surface area contributed by atoms with Crippen molar-refractivity contribution >= 4 is 5.69 Å². The van der Waals surface area contributed by atoms with Crippen LogP contribution in [-0.2, 0) is 13.5 Å². The smallest absolute Gasteiger partial charge is 0.0853 e. The monoisotopic (exact) mass is 219 g/mol. The summed E-state index contributed by atoms with van der Waals surface area (Å²) in [6.45, 7) is 3.22. The van der Waals surface area contributed by atoms with Crippen LogP contribution in [0.15, 0.2) is 18.3 Å². The van der Waals surface area contributed by atoms with Crippen molar-refractivity contribution in [3.05, 3.63) is 24.0 Å². The summed E-state index contributed by atoms with van der Waals surface area (Å²) in [6.07, 6.45) is 11.4. The fourth-order valence-corrected chi connectivity index (χ4v) is 2.24. The van der Waals surface area contributed by atoms with Crippen molar-refractivity contribution in [2.75, 3.05) is 11.9 Å². The predicted octanol–water partition coefficient (Wildman–Crippen LogP) is 2.75. The minimum absolute atomic E-state index is 0.787. The number of allylic oxidation sites excluding steroid dienone is 2. The highest BCUT2D eigenvalue weighted by Crippen LogP contribution is 2.20. The summed E-state index contributed by atoms with van der Waals surface area (Å²) >= 11 is 0. The van der Waals surface area contributed by atoms with Crippen molar-refractivity contribution in [1.29, 1.82) is 0 Å². The lowest BCUT2D eigenvalue weighted by Gasteiger charge is -2.18.